The zero-order valence-electron chi connectivity index (χ0n) is 10.2. The number of carbonyl (C=O) groups excluding carboxylic acids is 1. The Bertz CT molecular complexity index is 267. The van der Waals surface area contributed by atoms with E-state index in [0.29, 0.717) is 24.1 Å². The summed E-state index contributed by atoms with van der Waals surface area (Å²) in [4.78, 5) is 15.3. The Labute approximate surface area is 101 Å². The highest BCUT2D eigenvalue weighted by Gasteiger charge is 2.20. The van der Waals surface area contributed by atoms with Gasteiger partial charge in [-0.3, -0.25) is 9.79 Å². The third kappa shape index (κ3) is 4.88. The van der Waals surface area contributed by atoms with Gasteiger partial charge in [0, 0.05) is 11.8 Å². The lowest BCUT2D eigenvalue weighted by molar-refractivity contribution is -0.140. The number of esters is 1. The highest BCUT2D eigenvalue weighted by molar-refractivity contribution is 8.14. The summed E-state index contributed by atoms with van der Waals surface area (Å²) in [6, 6.07) is 0. The molecule has 1 atom stereocenters. The Kier molecular flexibility index (Phi) is 5.66. The van der Waals surface area contributed by atoms with Crippen molar-refractivity contribution < 1.29 is 9.53 Å². The molecule has 0 saturated heterocycles. The van der Waals surface area contributed by atoms with E-state index in [9.17, 15) is 4.79 Å². The van der Waals surface area contributed by atoms with Crippen molar-refractivity contribution in [3.8, 4) is 0 Å². The zero-order valence-corrected chi connectivity index (χ0v) is 11.0. The van der Waals surface area contributed by atoms with Crippen molar-refractivity contribution in [2.75, 3.05) is 20.2 Å². The van der Waals surface area contributed by atoms with E-state index in [1.165, 1.54) is 13.5 Å². The van der Waals surface area contributed by atoms with Gasteiger partial charge in [0.15, 0.2) is 5.17 Å². The number of hydrogen-bond donors (Lipinski definition) is 1. The van der Waals surface area contributed by atoms with Gasteiger partial charge in [-0.2, -0.15) is 0 Å². The number of carbonyl (C=O) groups is 1. The molecular weight excluding hydrogens is 224 g/mol. The van der Waals surface area contributed by atoms with Crippen LogP contribution in [0.2, 0.25) is 0 Å². The zero-order chi connectivity index (χ0) is 12.0. The largest absolute Gasteiger partial charge is 0.469 e. The number of aliphatic imine (C=N–C) groups is 1. The number of nitrogens with zero attached hydrogens (tertiary/aromatic N) is 1. The first kappa shape index (κ1) is 13.4. The summed E-state index contributed by atoms with van der Waals surface area (Å²) in [5.41, 5.74) is 0. The van der Waals surface area contributed by atoms with Crippen molar-refractivity contribution in [2.24, 2.45) is 10.9 Å². The van der Waals surface area contributed by atoms with Crippen molar-refractivity contribution in [3.05, 3.63) is 0 Å². The fourth-order valence-corrected chi connectivity index (χ4v) is 2.82. The van der Waals surface area contributed by atoms with Crippen LogP contribution in [-0.2, 0) is 9.53 Å². The van der Waals surface area contributed by atoms with Gasteiger partial charge in [0.25, 0.3) is 0 Å². The molecule has 1 unspecified atom stereocenters. The Morgan fingerprint density at radius 3 is 3.06 bits per heavy atom. The summed E-state index contributed by atoms with van der Waals surface area (Å²) < 4.78 is 4.56. The van der Waals surface area contributed by atoms with E-state index >= 15 is 0 Å². The molecule has 0 aromatic rings. The summed E-state index contributed by atoms with van der Waals surface area (Å²) in [6.45, 7) is 5.95. The van der Waals surface area contributed by atoms with Crippen molar-refractivity contribution >= 4 is 22.9 Å². The molecule has 0 bridgehead atoms. The van der Waals surface area contributed by atoms with E-state index in [1.807, 2.05) is 0 Å². The first-order valence-corrected chi connectivity index (χ1v) is 6.51. The summed E-state index contributed by atoms with van der Waals surface area (Å²) in [5, 5.41) is 4.73. The lowest BCUT2D eigenvalue weighted by Gasteiger charge is -2.10. The standard InChI is InChI=1S/C11H20N2O2S/c1-8(2)6-9-7-13-11(16-9)12-5-4-10(14)15-3/h8-9H,4-7H2,1-3H3,(H,12,13). The maximum Gasteiger partial charge on any atom is 0.307 e. The van der Waals surface area contributed by atoms with Crippen LogP contribution in [0.4, 0.5) is 0 Å². The molecule has 1 heterocycles. The minimum Gasteiger partial charge on any atom is -0.469 e. The van der Waals surface area contributed by atoms with Crippen molar-refractivity contribution in [2.45, 2.75) is 31.9 Å². The molecule has 5 heteroatoms. The maximum absolute atomic E-state index is 10.9. The molecular formula is C11H20N2O2S. The Balaban J connectivity index is 2.14. The van der Waals surface area contributed by atoms with E-state index in [-0.39, 0.29) is 5.97 Å². The molecule has 0 spiro atoms. The summed E-state index contributed by atoms with van der Waals surface area (Å²) in [5.74, 6) is 0.525. The van der Waals surface area contributed by atoms with Crippen LogP contribution >= 0.6 is 11.8 Å². The molecule has 1 rings (SSSR count). The minimum absolute atomic E-state index is 0.185. The second-order valence-electron chi connectivity index (χ2n) is 4.27. The van der Waals surface area contributed by atoms with Crippen LogP contribution in [0.3, 0.4) is 0 Å². The summed E-state index contributed by atoms with van der Waals surface area (Å²) in [7, 11) is 1.41. The smallest absolute Gasteiger partial charge is 0.307 e. The van der Waals surface area contributed by atoms with E-state index in [1.54, 1.807) is 11.8 Å². The predicted octanol–water partition coefficient (Wildman–Crippen LogP) is 1.66. The lowest BCUT2D eigenvalue weighted by Crippen LogP contribution is -2.23. The van der Waals surface area contributed by atoms with E-state index < -0.39 is 0 Å². The number of hydrogen-bond acceptors (Lipinski definition) is 5. The van der Waals surface area contributed by atoms with Crippen LogP contribution < -0.4 is 5.32 Å². The molecule has 1 N–H and O–H groups in total. The van der Waals surface area contributed by atoms with Crippen LogP contribution in [0.5, 0.6) is 0 Å². The summed E-state index contributed by atoms with van der Waals surface area (Å²) in [6.07, 6.45) is 1.58. The Hall–Kier alpha value is -0.710. The van der Waals surface area contributed by atoms with Gasteiger partial charge in [-0.05, 0) is 12.3 Å². The topological polar surface area (TPSA) is 50.7 Å². The first-order chi connectivity index (χ1) is 7.61. The SMILES string of the molecule is COC(=O)CCNC1=NCC(CC(C)C)S1. The van der Waals surface area contributed by atoms with Gasteiger partial charge < -0.3 is 10.1 Å². The average Bonchev–Trinajstić information content (AvgIpc) is 2.64. The number of amidine groups is 1. The van der Waals surface area contributed by atoms with Gasteiger partial charge in [-0.1, -0.05) is 25.6 Å². The second kappa shape index (κ2) is 6.78. The fraction of sp³-hybridized carbons (Fsp3) is 0.818. The molecule has 0 aromatic heterocycles. The minimum atomic E-state index is -0.185. The van der Waals surface area contributed by atoms with Gasteiger partial charge in [0.1, 0.15) is 0 Å². The lowest BCUT2D eigenvalue weighted by atomic mass is 10.1. The molecule has 1 aliphatic heterocycles. The van der Waals surface area contributed by atoms with E-state index in [2.05, 4.69) is 28.9 Å². The van der Waals surface area contributed by atoms with Crippen molar-refractivity contribution in [1.29, 1.82) is 0 Å². The fourth-order valence-electron chi connectivity index (χ4n) is 1.54. The molecule has 0 amide bonds. The van der Waals surface area contributed by atoms with Gasteiger partial charge in [-0.25, -0.2) is 0 Å². The quantitative estimate of drug-likeness (QED) is 0.747. The summed E-state index contributed by atoms with van der Waals surface area (Å²) >= 11 is 1.79. The van der Waals surface area contributed by atoms with Crippen LogP contribution in [0.15, 0.2) is 4.99 Å². The number of methoxy groups -OCH3 is 1. The predicted molar refractivity (Wildman–Crippen MR) is 67.8 cm³/mol. The molecule has 0 saturated carbocycles. The van der Waals surface area contributed by atoms with Crippen molar-refractivity contribution in [1.82, 2.24) is 5.32 Å². The molecule has 0 aromatic carbocycles. The van der Waals surface area contributed by atoms with E-state index in [4.69, 9.17) is 0 Å². The third-order valence-corrected chi connectivity index (χ3v) is 3.46. The monoisotopic (exact) mass is 244 g/mol. The average molecular weight is 244 g/mol. The molecule has 0 radical (unpaired) electrons. The third-order valence-electron chi connectivity index (χ3n) is 2.28. The number of ether oxygens (including phenoxy) is 1. The Morgan fingerprint density at radius 1 is 1.69 bits per heavy atom. The highest BCUT2D eigenvalue weighted by atomic mass is 32.2. The number of nitrogens with one attached hydrogen (secondary N) is 1. The van der Waals surface area contributed by atoms with E-state index in [0.717, 1.165) is 11.7 Å². The normalized spacial score (nSPS) is 19.8. The highest BCUT2D eigenvalue weighted by Crippen LogP contribution is 2.25. The molecule has 4 nitrogen and oxygen atoms in total. The number of thioether (sulfide) groups is 1. The van der Waals surface area contributed by atoms with Crippen LogP contribution in [0.25, 0.3) is 0 Å². The molecule has 92 valence electrons. The van der Waals surface area contributed by atoms with Crippen LogP contribution in [-0.4, -0.2) is 36.6 Å². The van der Waals surface area contributed by atoms with Gasteiger partial charge in [0.2, 0.25) is 0 Å². The molecule has 16 heavy (non-hydrogen) atoms. The van der Waals surface area contributed by atoms with Crippen LogP contribution in [0.1, 0.15) is 26.7 Å². The second-order valence-corrected chi connectivity index (χ2v) is 5.56. The van der Waals surface area contributed by atoms with Crippen molar-refractivity contribution in [3.63, 3.8) is 0 Å². The van der Waals surface area contributed by atoms with Gasteiger partial charge >= 0.3 is 5.97 Å². The molecule has 0 aliphatic carbocycles. The maximum atomic E-state index is 10.9. The Morgan fingerprint density at radius 2 is 2.44 bits per heavy atom. The number of rotatable bonds is 5. The first-order valence-electron chi connectivity index (χ1n) is 5.63. The van der Waals surface area contributed by atoms with Gasteiger partial charge in [0.05, 0.1) is 20.1 Å². The van der Waals surface area contributed by atoms with Gasteiger partial charge in [-0.15, -0.1) is 0 Å². The molecule has 1 aliphatic rings. The van der Waals surface area contributed by atoms with Crippen LogP contribution in [0, 0.1) is 5.92 Å². The molecule has 0 fully saturated rings.